The van der Waals surface area contributed by atoms with Crippen LogP contribution in [0.1, 0.15) is 50.3 Å². The van der Waals surface area contributed by atoms with Crippen molar-refractivity contribution >= 4 is 16.8 Å². The molecular formula is C23H35N5OS. The maximum atomic E-state index is 12.2. The van der Waals surface area contributed by atoms with E-state index in [1.165, 1.54) is 5.56 Å². The summed E-state index contributed by atoms with van der Waals surface area (Å²) in [4.78, 5) is 4.38. The van der Waals surface area contributed by atoms with Gasteiger partial charge in [-0.3, -0.25) is 9.20 Å². The van der Waals surface area contributed by atoms with E-state index in [9.17, 15) is 4.21 Å². The van der Waals surface area contributed by atoms with Gasteiger partial charge in [0, 0.05) is 47.6 Å². The first-order chi connectivity index (χ1) is 14.6. The average molecular weight is 430 g/mol. The van der Waals surface area contributed by atoms with E-state index in [0.717, 1.165) is 68.2 Å². The van der Waals surface area contributed by atoms with E-state index < -0.39 is 10.8 Å². The molecule has 0 radical (unpaired) electrons. The number of aliphatic imine (C=N–C) groups is 1. The molecule has 3 atom stereocenters. The Hall–Kier alpha value is -2.15. The fraction of sp³-hybridized carbons (Fsp3) is 0.565. The molecule has 164 valence electrons. The monoisotopic (exact) mass is 429 g/mol. The van der Waals surface area contributed by atoms with Crippen molar-refractivity contribution < 1.29 is 4.21 Å². The fourth-order valence-corrected chi connectivity index (χ4v) is 5.43. The van der Waals surface area contributed by atoms with E-state index in [4.69, 9.17) is 0 Å². The highest BCUT2D eigenvalue weighted by atomic mass is 32.2. The summed E-state index contributed by atoms with van der Waals surface area (Å²) in [6.07, 6.45) is 8.43. The molecule has 1 aromatic heterocycles. The van der Waals surface area contributed by atoms with Gasteiger partial charge in [0.1, 0.15) is 0 Å². The van der Waals surface area contributed by atoms with E-state index in [0.29, 0.717) is 11.3 Å². The van der Waals surface area contributed by atoms with Crippen LogP contribution in [-0.4, -0.2) is 50.6 Å². The Morgan fingerprint density at radius 3 is 2.83 bits per heavy atom. The minimum absolute atomic E-state index is 0.323. The Morgan fingerprint density at radius 2 is 2.10 bits per heavy atom. The molecule has 2 aromatic rings. The number of nitrogens with zero attached hydrogens (tertiary/aromatic N) is 3. The van der Waals surface area contributed by atoms with E-state index in [2.05, 4.69) is 46.0 Å². The second kappa shape index (κ2) is 11.3. The highest BCUT2D eigenvalue weighted by molar-refractivity contribution is 7.85. The number of nitrogens with one attached hydrogen (secondary N) is 2. The van der Waals surface area contributed by atoms with Gasteiger partial charge in [-0.25, -0.2) is 4.68 Å². The normalized spacial score (nSPS) is 20.7. The molecule has 1 fully saturated rings. The van der Waals surface area contributed by atoms with Gasteiger partial charge in [0.25, 0.3) is 0 Å². The summed E-state index contributed by atoms with van der Waals surface area (Å²) in [7, 11) is 1.11. The molecule has 1 heterocycles. The van der Waals surface area contributed by atoms with Crippen molar-refractivity contribution in [1.29, 1.82) is 0 Å². The van der Waals surface area contributed by atoms with Crippen LogP contribution in [0.5, 0.6) is 0 Å². The third-order valence-electron chi connectivity index (χ3n) is 5.78. The summed E-state index contributed by atoms with van der Waals surface area (Å²) in [6.45, 7) is 4.94. The molecule has 1 saturated carbocycles. The highest BCUT2D eigenvalue weighted by Gasteiger charge is 2.25. The van der Waals surface area contributed by atoms with Gasteiger partial charge in [0.2, 0.25) is 0 Å². The van der Waals surface area contributed by atoms with E-state index in [1.54, 1.807) is 0 Å². The zero-order valence-electron chi connectivity index (χ0n) is 18.4. The zero-order valence-corrected chi connectivity index (χ0v) is 19.3. The minimum atomic E-state index is -0.701. The highest BCUT2D eigenvalue weighted by Crippen LogP contribution is 2.23. The minimum Gasteiger partial charge on any atom is -0.356 e. The van der Waals surface area contributed by atoms with Crippen molar-refractivity contribution in [2.24, 2.45) is 4.99 Å². The molecule has 0 aliphatic heterocycles. The topological polar surface area (TPSA) is 71.3 Å². The van der Waals surface area contributed by atoms with Crippen LogP contribution >= 0.6 is 0 Å². The van der Waals surface area contributed by atoms with Crippen LogP contribution in [0, 0.1) is 6.92 Å². The molecule has 0 amide bonds. The average Bonchev–Trinajstić information content (AvgIpc) is 3.16. The molecule has 3 rings (SSSR count). The lowest BCUT2D eigenvalue weighted by Gasteiger charge is -2.30. The maximum Gasteiger partial charge on any atom is 0.191 e. The second-order valence-electron chi connectivity index (χ2n) is 7.92. The predicted molar refractivity (Wildman–Crippen MR) is 126 cm³/mol. The standard InChI is InChI=1S/C23H35N5OS/c1-4-30(29)22-14-8-11-20(16-22)26-23(24-3)25-15-9-10-19-17-28(27-18(19)2)21-12-6-5-7-13-21/h5-7,12-13,17,20,22H,4,8-11,14-16H2,1-3H3,(H2,24,25,26). The summed E-state index contributed by atoms with van der Waals surface area (Å²) in [6, 6.07) is 10.6. The second-order valence-corrected chi connectivity index (χ2v) is 9.93. The Labute approximate surface area is 183 Å². The lowest BCUT2D eigenvalue weighted by molar-refractivity contribution is 0.413. The molecule has 6 nitrogen and oxygen atoms in total. The molecule has 0 spiro atoms. The Morgan fingerprint density at radius 1 is 1.30 bits per heavy atom. The van der Waals surface area contributed by atoms with Gasteiger partial charge in [-0.2, -0.15) is 5.10 Å². The summed E-state index contributed by atoms with van der Waals surface area (Å²) in [5, 5.41) is 12.0. The number of hydrogen-bond acceptors (Lipinski definition) is 3. The Balaban J connectivity index is 1.44. The zero-order chi connectivity index (χ0) is 21.3. The van der Waals surface area contributed by atoms with Gasteiger partial charge in [-0.15, -0.1) is 0 Å². The number of hydrogen-bond donors (Lipinski definition) is 2. The van der Waals surface area contributed by atoms with Crippen LogP contribution in [0.15, 0.2) is 41.5 Å². The van der Waals surface area contributed by atoms with Crippen molar-refractivity contribution in [1.82, 2.24) is 20.4 Å². The van der Waals surface area contributed by atoms with Gasteiger partial charge in [0.05, 0.1) is 11.4 Å². The number of benzene rings is 1. The molecule has 1 aromatic carbocycles. The predicted octanol–water partition coefficient (Wildman–Crippen LogP) is 3.36. The summed E-state index contributed by atoms with van der Waals surface area (Å²) in [5.41, 5.74) is 3.45. The number of aromatic nitrogens is 2. The third-order valence-corrected chi connectivity index (χ3v) is 7.52. The molecule has 0 bridgehead atoms. The van der Waals surface area contributed by atoms with Crippen molar-refractivity contribution in [3.05, 3.63) is 47.8 Å². The fourth-order valence-electron chi connectivity index (χ4n) is 4.08. The quantitative estimate of drug-likeness (QED) is 0.383. The molecule has 0 saturated heterocycles. The van der Waals surface area contributed by atoms with E-state index >= 15 is 0 Å². The SMILES string of the molecule is CCS(=O)C1CCCC(NC(=NC)NCCCc2cn(-c3ccccc3)nc2C)C1. The number of guanidine groups is 1. The number of rotatable bonds is 8. The third kappa shape index (κ3) is 6.17. The Bertz CT molecular complexity index is 849. The van der Waals surface area contributed by atoms with Crippen LogP contribution in [0.4, 0.5) is 0 Å². The molecule has 7 heteroatoms. The summed E-state index contributed by atoms with van der Waals surface area (Å²) >= 11 is 0. The van der Waals surface area contributed by atoms with Crippen LogP contribution in [0.25, 0.3) is 5.69 Å². The van der Waals surface area contributed by atoms with E-state index in [-0.39, 0.29) is 0 Å². The summed E-state index contributed by atoms with van der Waals surface area (Å²) in [5.74, 6) is 1.60. The largest absolute Gasteiger partial charge is 0.356 e. The van der Waals surface area contributed by atoms with Crippen molar-refractivity contribution in [2.45, 2.75) is 63.7 Å². The van der Waals surface area contributed by atoms with Gasteiger partial charge in [0.15, 0.2) is 5.96 Å². The maximum absolute atomic E-state index is 12.2. The number of aryl methyl sites for hydroxylation is 2. The number of para-hydroxylation sites is 1. The van der Waals surface area contributed by atoms with Crippen LogP contribution in [0.3, 0.4) is 0 Å². The van der Waals surface area contributed by atoms with Gasteiger partial charge >= 0.3 is 0 Å². The van der Waals surface area contributed by atoms with Crippen LogP contribution < -0.4 is 10.6 Å². The van der Waals surface area contributed by atoms with Gasteiger partial charge in [-0.05, 0) is 56.7 Å². The first-order valence-electron chi connectivity index (χ1n) is 11.1. The first-order valence-corrected chi connectivity index (χ1v) is 12.4. The first kappa shape index (κ1) is 22.5. The molecule has 3 unspecified atom stereocenters. The molecule has 30 heavy (non-hydrogen) atoms. The molecular weight excluding hydrogens is 394 g/mol. The molecule has 2 N–H and O–H groups in total. The van der Waals surface area contributed by atoms with Gasteiger partial charge in [-0.1, -0.05) is 31.5 Å². The van der Waals surface area contributed by atoms with Crippen LogP contribution in [0.2, 0.25) is 0 Å². The lowest BCUT2D eigenvalue weighted by Crippen LogP contribution is -2.46. The smallest absolute Gasteiger partial charge is 0.191 e. The van der Waals surface area contributed by atoms with E-state index in [1.807, 2.05) is 36.9 Å². The van der Waals surface area contributed by atoms with Crippen molar-refractivity contribution in [3.63, 3.8) is 0 Å². The summed E-state index contributed by atoms with van der Waals surface area (Å²) < 4.78 is 14.1. The van der Waals surface area contributed by atoms with Crippen LogP contribution in [-0.2, 0) is 17.2 Å². The molecule has 1 aliphatic rings. The molecule has 1 aliphatic carbocycles. The van der Waals surface area contributed by atoms with Gasteiger partial charge < -0.3 is 10.6 Å². The Kier molecular flexibility index (Phi) is 8.49. The van der Waals surface area contributed by atoms with Crippen molar-refractivity contribution in [3.8, 4) is 5.69 Å². The van der Waals surface area contributed by atoms with Crippen molar-refractivity contribution in [2.75, 3.05) is 19.3 Å². The lowest BCUT2D eigenvalue weighted by atomic mass is 9.95.